The van der Waals surface area contributed by atoms with Gasteiger partial charge in [0.05, 0.1) is 31.3 Å². The number of nitrogens with zero attached hydrogens (tertiary/aromatic N) is 6. The predicted molar refractivity (Wildman–Crippen MR) is 109 cm³/mol. The smallest absolute Gasteiger partial charge is 0.243 e. The highest BCUT2D eigenvalue weighted by Crippen LogP contribution is 2.27. The molecule has 0 spiro atoms. The van der Waals surface area contributed by atoms with Crippen molar-refractivity contribution < 1.29 is 14.7 Å². The van der Waals surface area contributed by atoms with Crippen LogP contribution in [0.4, 0.5) is 5.82 Å². The molecule has 3 aromatic rings. The van der Waals surface area contributed by atoms with Gasteiger partial charge in [-0.3, -0.25) is 15.1 Å². The number of aromatic amines is 1. The van der Waals surface area contributed by atoms with Crippen LogP contribution >= 0.6 is 0 Å². The monoisotopic (exact) mass is 414 g/mol. The molecule has 0 saturated carbocycles. The van der Waals surface area contributed by atoms with Crippen molar-refractivity contribution in [2.24, 2.45) is 0 Å². The number of rotatable bonds is 9. The highest BCUT2D eigenvalue weighted by Gasteiger charge is 2.21. The number of morpholine rings is 1. The Bertz CT molecular complexity index is 966. The molecule has 0 aliphatic carbocycles. The minimum absolute atomic E-state index is 0.338. The van der Waals surface area contributed by atoms with Crippen LogP contribution in [0.1, 0.15) is 32.1 Å². The maximum Gasteiger partial charge on any atom is 0.243 e. The number of fused-ring (bicyclic) bond motifs is 1. The van der Waals surface area contributed by atoms with Gasteiger partial charge >= 0.3 is 0 Å². The number of ether oxygens (including phenoxy) is 1. The molecule has 1 amide bonds. The van der Waals surface area contributed by atoms with Gasteiger partial charge in [-0.15, -0.1) is 0 Å². The summed E-state index contributed by atoms with van der Waals surface area (Å²) < 4.78 is 7.54. The standard InChI is InChI=1S/C19H26N8O3/c28-15(25-29)5-3-1-2-4-6-27-13-20-16-18(26-7-9-30-10-8-26)23-17(24-19(16)27)14-11-21-22-12-14/h11-13,29H,1-10H2,(H,21,22)(H,25,28). The van der Waals surface area contributed by atoms with Crippen molar-refractivity contribution in [3.63, 3.8) is 0 Å². The summed E-state index contributed by atoms with van der Waals surface area (Å²) in [6, 6.07) is 0. The molecule has 1 fully saturated rings. The van der Waals surface area contributed by atoms with Crippen molar-refractivity contribution in [3.8, 4) is 11.4 Å². The second kappa shape index (κ2) is 9.63. The van der Waals surface area contributed by atoms with E-state index >= 15 is 0 Å². The summed E-state index contributed by atoms with van der Waals surface area (Å²) in [4.78, 5) is 27.4. The van der Waals surface area contributed by atoms with Crippen molar-refractivity contribution in [1.82, 2.24) is 35.2 Å². The van der Waals surface area contributed by atoms with E-state index in [4.69, 9.17) is 19.9 Å². The van der Waals surface area contributed by atoms with Crippen LogP contribution in [0, 0.1) is 0 Å². The average Bonchev–Trinajstić information content (AvgIpc) is 3.46. The molecule has 0 radical (unpaired) electrons. The Balaban J connectivity index is 1.51. The maximum absolute atomic E-state index is 11.1. The number of hydroxylamine groups is 1. The molecule has 1 aliphatic rings. The lowest BCUT2D eigenvalue weighted by Gasteiger charge is -2.28. The number of imidazole rings is 1. The second-order valence-electron chi connectivity index (χ2n) is 7.27. The summed E-state index contributed by atoms with van der Waals surface area (Å²) >= 11 is 0. The van der Waals surface area contributed by atoms with Gasteiger partial charge in [0.2, 0.25) is 5.91 Å². The Morgan fingerprint density at radius 2 is 2.03 bits per heavy atom. The molecule has 30 heavy (non-hydrogen) atoms. The molecule has 0 bridgehead atoms. The summed E-state index contributed by atoms with van der Waals surface area (Å²) in [6.07, 6.45) is 9.27. The van der Waals surface area contributed by atoms with E-state index < -0.39 is 0 Å². The van der Waals surface area contributed by atoms with Crippen molar-refractivity contribution in [3.05, 3.63) is 18.7 Å². The lowest BCUT2D eigenvalue weighted by Crippen LogP contribution is -2.37. The first-order valence-electron chi connectivity index (χ1n) is 10.2. The van der Waals surface area contributed by atoms with E-state index in [2.05, 4.69) is 24.6 Å². The summed E-state index contributed by atoms with van der Waals surface area (Å²) in [6.45, 7) is 3.66. The van der Waals surface area contributed by atoms with Crippen molar-refractivity contribution in [2.45, 2.75) is 38.6 Å². The molecule has 0 atom stereocenters. The van der Waals surface area contributed by atoms with E-state index in [9.17, 15) is 4.79 Å². The van der Waals surface area contributed by atoms with Gasteiger partial charge in [-0.2, -0.15) is 5.10 Å². The number of aryl methyl sites for hydroxylation is 1. The van der Waals surface area contributed by atoms with Crippen LogP contribution in [0.25, 0.3) is 22.6 Å². The third-order valence-corrected chi connectivity index (χ3v) is 5.19. The third-order valence-electron chi connectivity index (χ3n) is 5.19. The molecule has 11 nitrogen and oxygen atoms in total. The Labute approximate surface area is 173 Å². The number of H-pyrrole nitrogens is 1. The molecule has 11 heteroatoms. The molecule has 0 unspecified atom stereocenters. The Morgan fingerprint density at radius 3 is 2.80 bits per heavy atom. The van der Waals surface area contributed by atoms with Crippen LogP contribution in [0.5, 0.6) is 0 Å². The summed E-state index contributed by atoms with van der Waals surface area (Å²) in [5, 5.41) is 15.4. The molecule has 160 valence electrons. The van der Waals surface area contributed by atoms with E-state index in [-0.39, 0.29) is 5.91 Å². The molecule has 1 saturated heterocycles. The number of carbonyl (C=O) groups excluding carboxylic acids is 1. The highest BCUT2D eigenvalue weighted by atomic mass is 16.5. The maximum atomic E-state index is 11.1. The summed E-state index contributed by atoms with van der Waals surface area (Å²) in [5.41, 5.74) is 4.10. The topological polar surface area (TPSA) is 134 Å². The van der Waals surface area contributed by atoms with Crippen LogP contribution in [-0.2, 0) is 16.1 Å². The average molecular weight is 414 g/mol. The molecule has 3 aromatic heterocycles. The zero-order valence-corrected chi connectivity index (χ0v) is 16.8. The fourth-order valence-corrected chi connectivity index (χ4v) is 3.57. The van der Waals surface area contributed by atoms with Gasteiger partial charge in [-0.1, -0.05) is 12.8 Å². The molecular formula is C19H26N8O3. The number of anilines is 1. The van der Waals surface area contributed by atoms with E-state index in [1.807, 2.05) is 6.33 Å². The zero-order valence-electron chi connectivity index (χ0n) is 16.8. The van der Waals surface area contributed by atoms with Gasteiger partial charge in [0.25, 0.3) is 0 Å². The zero-order chi connectivity index (χ0) is 20.8. The van der Waals surface area contributed by atoms with E-state index in [1.54, 1.807) is 17.9 Å². The largest absolute Gasteiger partial charge is 0.378 e. The Morgan fingerprint density at radius 1 is 1.20 bits per heavy atom. The minimum atomic E-state index is -0.338. The first kappa shape index (κ1) is 20.2. The van der Waals surface area contributed by atoms with Gasteiger partial charge in [0.15, 0.2) is 22.8 Å². The number of hydrogen-bond donors (Lipinski definition) is 3. The van der Waals surface area contributed by atoms with Gasteiger partial charge in [0.1, 0.15) is 0 Å². The minimum Gasteiger partial charge on any atom is -0.378 e. The number of hydrogen-bond acceptors (Lipinski definition) is 8. The molecule has 4 heterocycles. The van der Waals surface area contributed by atoms with E-state index in [0.717, 1.165) is 67.9 Å². The second-order valence-corrected chi connectivity index (χ2v) is 7.27. The first-order chi connectivity index (χ1) is 14.8. The normalized spacial score (nSPS) is 14.4. The number of aromatic nitrogens is 6. The third kappa shape index (κ3) is 4.57. The van der Waals surface area contributed by atoms with Crippen LogP contribution in [0.2, 0.25) is 0 Å². The lowest BCUT2D eigenvalue weighted by atomic mass is 10.1. The number of nitrogens with one attached hydrogen (secondary N) is 2. The number of unbranched alkanes of at least 4 members (excludes halogenated alkanes) is 3. The van der Waals surface area contributed by atoms with Crippen molar-refractivity contribution >= 4 is 22.9 Å². The molecule has 0 aromatic carbocycles. The van der Waals surface area contributed by atoms with E-state index in [0.29, 0.717) is 25.5 Å². The predicted octanol–water partition coefficient (Wildman–Crippen LogP) is 1.51. The molecule has 4 rings (SSSR count). The van der Waals surface area contributed by atoms with Crippen LogP contribution in [0.15, 0.2) is 18.7 Å². The fourth-order valence-electron chi connectivity index (χ4n) is 3.57. The Hall–Kier alpha value is -3.05. The fraction of sp³-hybridized carbons (Fsp3) is 0.526. The molecular weight excluding hydrogens is 388 g/mol. The van der Waals surface area contributed by atoms with Crippen LogP contribution in [-0.4, -0.2) is 67.1 Å². The van der Waals surface area contributed by atoms with Gasteiger partial charge in [-0.05, 0) is 12.8 Å². The van der Waals surface area contributed by atoms with Gasteiger partial charge < -0.3 is 14.2 Å². The van der Waals surface area contributed by atoms with E-state index in [1.165, 1.54) is 0 Å². The lowest BCUT2D eigenvalue weighted by molar-refractivity contribution is -0.129. The first-order valence-corrected chi connectivity index (χ1v) is 10.2. The SMILES string of the molecule is O=C(CCCCCCn1cnc2c(N3CCOCC3)nc(-c3cn[nH]c3)nc21)NO. The number of carbonyl (C=O) groups is 1. The van der Waals surface area contributed by atoms with Gasteiger partial charge in [0, 0.05) is 32.3 Å². The van der Waals surface area contributed by atoms with Crippen LogP contribution in [0.3, 0.4) is 0 Å². The van der Waals surface area contributed by atoms with Gasteiger partial charge in [-0.25, -0.2) is 20.4 Å². The summed E-state index contributed by atoms with van der Waals surface area (Å²) in [7, 11) is 0. The molecule has 3 N–H and O–H groups in total. The molecule has 1 aliphatic heterocycles. The Kier molecular flexibility index (Phi) is 6.50. The quantitative estimate of drug-likeness (QED) is 0.272. The van der Waals surface area contributed by atoms with Crippen molar-refractivity contribution in [2.75, 3.05) is 31.2 Å². The number of amides is 1. The van der Waals surface area contributed by atoms with Crippen LogP contribution < -0.4 is 10.4 Å². The van der Waals surface area contributed by atoms with Crippen molar-refractivity contribution in [1.29, 1.82) is 0 Å². The highest BCUT2D eigenvalue weighted by molar-refractivity contribution is 5.85. The summed E-state index contributed by atoms with van der Waals surface area (Å²) in [5.74, 6) is 1.11.